The Morgan fingerprint density at radius 2 is 1.95 bits per heavy atom. The van der Waals surface area contributed by atoms with Gasteiger partial charge in [-0.3, -0.25) is 14.9 Å². The molecule has 0 saturated carbocycles. The minimum Gasteiger partial charge on any atom is -0.463 e. The zero-order valence-electron chi connectivity index (χ0n) is 10.2. The third kappa shape index (κ3) is 3.84. The van der Waals surface area contributed by atoms with Crippen molar-refractivity contribution in [2.75, 3.05) is 6.61 Å². The van der Waals surface area contributed by atoms with Crippen LogP contribution in [0.1, 0.15) is 23.7 Å². The lowest BCUT2D eigenvalue weighted by Gasteiger charge is -2.07. The van der Waals surface area contributed by atoms with Gasteiger partial charge in [-0.05, 0) is 18.6 Å². The quantitative estimate of drug-likeness (QED) is 0.259. The molecule has 0 aliphatic heterocycles. The van der Waals surface area contributed by atoms with Crippen molar-refractivity contribution >= 4 is 17.4 Å². The van der Waals surface area contributed by atoms with Crippen molar-refractivity contribution in [3.63, 3.8) is 0 Å². The van der Waals surface area contributed by atoms with Gasteiger partial charge in [0.15, 0.2) is 0 Å². The van der Waals surface area contributed by atoms with Crippen molar-refractivity contribution in [2.45, 2.75) is 19.5 Å². The van der Waals surface area contributed by atoms with Gasteiger partial charge in [0.1, 0.15) is 0 Å². The van der Waals surface area contributed by atoms with E-state index in [1.54, 1.807) is 6.92 Å². The van der Waals surface area contributed by atoms with Crippen LogP contribution in [0.25, 0.3) is 0 Å². The van der Waals surface area contributed by atoms with Crippen LogP contribution in [0.2, 0.25) is 0 Å². The SMILES string of the molecule is CCCOC(=O)C(F)C(=O)c1ccc([N+](=O)[O-])cc1. The van der Waals surface area contributed by atoms with Gasteiger partial charge < -0.3 is 4.74 Å². The van der Waals surface area contributed by atoms with Crippen molar-refractivity contribution in [3.05, 3.63) is 39.9 Å². The molecule has 0 heterocycles. The molecule has 6 nitrogen and oxygen atoms in total. The number of halogens is 1. The van der Waals surface area contributed by atoms with E-state index < -0.39 is 22.8 Å². The summed E-state index contributed by atoms with van der Waals surface area (Å²) >= 11 is 0. The third-order valence-corrected chi connectivity index (χ3v) is 2.25. The number of esters is 1. The van der Waals surface area contributed by atoms with E-state index in [1.807, 2.05) is 0 Å². The van der Waals surface area contributed by atoms with Crippen LogP contribution in [0, 0.1) is 10.1 Å². The molecule has 0 aromatic heterocycles. The van der Waals surface area contributed by atoms with Gasteiger partial charge in [0.2, 0.25) is 5.78 Å². The van der Waals surface area contributed by atoms with E-state index in [0.717, 1.165) is 24.3 Å². The van der Waals surface area contributed by atoms with Crippen LogP contribution in [0.3, 0.4) is 0 Å². The van der Waals surface area contributed by atoms with Crippen LogP contribution in [-0.2, 0) is 9.53 Å². The van der Waals surface area contributed by atoms with Crippen LogP contribution in [0.4, 0.5) is 10.1 Å². The lowest BCUT2D eigenvalue weighted by atomic mass is 10.1. The number of hydrogen-bond donors (Lipinski definition) is 0. The standard InChI is InChI=1S/C12H12FNO5/c1-2-7-19-12(16)10(13)11(15)8-3-5-9(6-4-8)14(17)18/h3-6,10H,2,7H2,1H3. The van der Waals surface area contributed by atoms with Gasteiger partial charge in [0.05, 0.1) is 11.5 Å². The first-order valence-corrected chi connectivity index (χ1v) is 5.56. The maximum absolute atomic E-state index is 13.5. The summed E-state index contributed by atoms with van der Waals surface area (Å²) in [6, 6.07) is 4.33. The fourth-order valence-corrected chi connectivity index (χ4v) is 1.28. The molecule has 0 amide bonds. The van der Waals surface area contributed by atoms with E-state index in [2.05, 4.69) is 4.74 Å². The Kier molecular flexibility index (Phi) is 5.11. The van der Waals surface area contributed by atoms with E-state index in [1.165, 1.54) is 0 Å². The molecule has 7 heteroatoms. The Labute approximate surface area is 108 Å². The molecule has 0 radical (unpaired) electrons. The van der Waals surface area contributed by atoms with Crippen LogP contribution in [0.5, 0.6) is 0 Å². The highest BCUT2D eigenvalue weighted by molar-refractivity contribution is 6.11. The zero-order valence-corrected chi connectivity index (χ0v) is 10.2. The van der Waals surface area contributed by atoms with E-state index in [-0.39, 0.29) is 17.9 Å². The van der Waals surface area contributed by atoms with E-state index in [4.69, 9.17) is 0 Å². The number of nitro groups is 1. The molecule has 0 fully saturated rings. The van der Waals surface area contributed by atoms with E-state index in [9.17, 15) is 24.1 Å². The van der Waals surface area contributed by atoms with Crippen LogP contribution in [0.15, 0.2) is 24.3 Å². The number of alkyl halides is 1. The lowest BCUT2D eigenvalue weighted by molar-refractivity contribution is -0.384. The Balaban J connectivity index is 2.76. The van der Waals surface area contributed by atoms with Gasteiger partial charge in [-0.1, -0.05) is 6.92 Å². The summed E-state index contributed by atoms with van der Waals surface area (Å²) in [5.74, 6) is -2.32. The number of nitro benzene ring substituents is 1. The number of ether oxygens (including phenoxy) is 1. The number of ketones is 1. The molecule has 102 valence electrons. The summed E-state index contributed by atoms with van der Waals surface area (Å²) in [6.45, 7) is 1.77. The van der Waals surface area contributed by atoms with Crippen molar-refractivity contribution in [1.82, 2.24) is 0 Å². The summed E-state index contributed by atoms with van der Waals surface area (Å²) in [5.41, 5.74) is -0.341. The van der Waals surface area contributed by atoms with Gasteiger partial charge >= 0.3 is 5.97 Å². The Morgan fingerprint density at radius 3 is 2.42 bits per heavy atom. The molecule has 19 heavy (non-hydrogen) atoms. The number of hydrogen-bond acceptors (Lipinski definition) is 5. The van der Waals surface area contributed by atoms with Crippen molar-refractivity contribution in [1.29, 1.82) is 0 Å². The molecule has 0 bridgehead atoms. The number of rotatable bonds is 6. The number of carbonyl (C=O) groups excluding carboxylic acids is 2. The van der Waals surface area contributed by atoms with Gasteiger partial charge in [-0.15, -0.1) is 0 Å². The highest BCUT2D eigenvalue weighted by Gasteiger charge is 2.28. The first-order chi connectivity index (χ1) is 8.97. The van der Waals surface area contributed by atoms with Crippen molar-refractivity contribution < 1.29 is 23.6 Å². The molecule has 0 spiro atoms. The normalized spacial score (nSPS) is 11.7. The molecule has 1 atom stereocenters. The molecule has 0 saturated heterocycles. The highest BCUT2D eigenvalue weighted by Crippen LogP contribution is 2.14. The maximum atomic E-state index is 13.5. The van der Waals surface area contributed by atoms with E-state index in [0.29, 0.717) is 6.42 Å². The largest absolute Gasteiger partial charge is 0.463 e. The molecule has 1 unspecified atom stereocenters. The molecule has 0 aliphatic rings. The number of Topliss-reactive ketones (excluding diaryl/α,β-unsaturated/α-hetero) is 1. The molecule has 1 rings (SSSR count). The second-order valence-corrected chi connectivity index (χ2v) is 3.70. The van der Waals surface area contributed by atoms with Gasteiger partial charge in [-0.2, -0.15) is 0 Å². The maximum Gasteiger partial charge on any atom is 0.349 e. The summed E-state index contributed by atoms with van der Waals surface area (Å²) in [7, 11) is 0. The van der Waals surface area contributed by atoms with Crippen LogP contribution >= 0.6 is 0 Å². The molecular formula is C12H12FNO5. The predicted octanol–water partition coefficient (Wildman–Crippen LogP) is 2.07. The summed E-state index contributed by atoms with van der Waals surface area (Å²) < 4.78 is 18.0. The number of benzene rings is 1. The minimum absolute atomic E-state index is 0.0345. The predicted molar refractivity (Wildman–Crippen MR) is 63.6 cm³/mol. The number of non-ortho nitro benzene ring substituents is 1. The second-order valence-electron chi connectivity index (χ2n) is 3.70. The molecule has 0 N–H and O–H groups in total. The number of carbonyl (C=O) groups is 2. The first kappa shape index (κ1) is 14.7. The summed E-state index contributed by atoms with van der Waals surface area (Å²) in [6.07, 6.45) is -1.89. The second kappa shape index (κ2) is 6.58. The highest BCUT2D eigenvalue weighted by atomic mass is 19.1. The fraction of sp³-hybridized carbons (Fsp3) is 0.333. The summed E-state index contributed by atoms with van der Waals surface area (Å²) in [4.78, 5) is 32.5. The number of nitrogens with zero attached hydrogens (tertiary/aromatic N) is 1. The van der Waals surface area contributed by atoms with Gasteiger partial charge in [0.25, 0.3) is 11.9 Å². The smallest absolute Gasteiger partial charge is 0.349 e. The zero-order chi connectivity index (χ0) is 14.4. The summed E-state index contributed by atoms with van der Waals surface area (Å²) in [5, 5.41) is 10.4. The van der Waals surface area contributed by atoms with Crippen molar-refractivity contribution in [3.8, 4) is 0 Å². The van der Waals surface area contributed by atoms with Crippen molar-refractivity contribution in [2.24, 2.45) is 0 Å². The Morgan fingerprint density at radius 1 is 1.37 bits per heavy atom. The average Bonchev–Trinajstić information content (AvgIpc) is 2.43. The Bertz CT molecular complexity index is 485. The van der Waals surface area contributed by atoms with E-state index >= 15 is 0 Å². The topological polar surface area (TPSA) is 86.5 Å². The van der Waals surface area contributed by atoms with Crippen LogP contribution < -0.4 is 0 Å². The van der Waals surface area contributed by atoms with Gasteiger partial charge in [-0.25, -0.2) is 9.18 Å². The Hall–Kier alpha value is -2.31. The molecular weight excluding hydrogens is 257 g/mol. The average molecular weight is 269 g/mol. The monoisotopic (exact) mass is 269 g/mol. The molecule has 1 aromatic carbocycles. The molecule has 1 aromatic rings. The van der Waals surface area contributed by atoms with Crippen LogP contribution in [-0.4, -0.2) is 29.5 Å². The van der Waals surface area contributed by atoms with Gasteiger partial charge in [0, 0.05) is 17.7 Å². The third-order valence-electron chi connectivity index (χ3n) is 2.25. The molecule has 0 aliphatic carbocycles. The fourth-order valence-electron chi connectivity index (χ4n) is 1.28. The first-order valence-electron chi connectivity index (χ1n) is 5.56. The minimum atomic E-state index is -2.41. The lowest BCUT2D eigenvalue weighted by Crippen LogP contribution is -2.28.